The SMILES string of the molecule is CNNC(=O)c1cccc[n+]1[O-]. The first-order valence-corrected chi connectivity index (χ1v) is 3.41. The van der Waals surface area contributed by atoms with Crippen LogP contribution in [0.3, 0.4) is 0 Å². The minimum absolute atomic E-state index is 0.0619. The van der Waals surface area contributed by atoms with Crippen LogP contribution >= 0.6 is 0 Å². The van der Waals surface area contributed by atoms with Crippen LogP contribution in [0.2, 0.25) is 0 Å². The van der Waals surface area contributed by atoms with Crippen LogP contribution in [0.15, 0.2) is 24.4 Å². The van der Waals surface area contributed by atoms with Gasteiger partial charge in [0, 0.05) is 19.2 Å². The average Bonchev–Trinajstić information content (AvgIpc) is 2.05. The molecule has 64 valence electrons. The predicted molar refractivity (Wildman–Crippen MR) is 41.9 cm³/mol. The van der Waals surface area contributed by atoms with Gasteiger partial charge in [-0.3, -0.25) is 10.2 Å². The lowest BCUT2D eigenvalue weighted by atomic mass is 10.3. The molecule has 0 aliphatic heterocycles. The Morgan fingerprint density at radius 2 is 2.33 bits per heavy atom. The third-order valence-electron chi connectivity index (χ3n) is 1.30. The highest BCUT2D eigenvalue weighted by Gasteiger charge is 2.12. The first-order valence-electron chi connectivity index (χ1n) is 3.41. The van der Waals surface area contributed by atoms with Crippen molar-refractivity contribution in [1.82, 2.24) is 10.9 Å². The van der Waals surface area contributed by atoms with E-state index in [-0.39, 0.29) is 5.69 Å². The van der Waals surface area contributed by atoms with Gasteiger partial charge in [0.05, 0.1) is 0 Å². The number of nitrogens with zero attached hydrogens (tertiary/aromatic N) is 1. The summed E-state index contributed by atoms with van der Waals surface area (Å²) < 4.78 is 0.507. The summed E-state index contributed by atoms with van der Waals surface area (Å²) in [7, 11) is 1.55. The summed E-state index contributed by atoms with van der Waals surface area (Å²) in [6, 6.07) is 4.63. The molecule has 0 atom stereocenters. The van der Waals surface area contributed by atoms with Crippen LogP contribution < -0.4 is 15.6 Å². The monoisotopic (exact) mass is 167 g/mol. The van der Waals surface area contributed by atoms with Crippen molar-refractivity contribution in [3.63, 3.8) is 0 Å². The fraction of sp³-hybridized carbons (Fsp3) is 0.143. The number of amides is 1. The Kier molecular flexibility index (Phi) is 2.60. The number of pyridine rings is 1. The number of rotatable bonds is 2. The van der Waals surface area contributed by atoms with Crippen molar-refractivity contribution < 1.29 is 9.52 Å². The zero-order valence-corrected chi connectivity index (χ0v) is 6.57. The van der Waals surface area contributed by atoms with Crippen molar-refractivity contribution in [2.45, 2.75) is 0 Å². The lowest BCUT2D eigenvalue weighted by Gasteiger charge is -2.02. The maximum absolute atomic E-state index is 11.1. The van der Waals surface area contributed by atoms with Crippen molar-refractivity contribution in [2.75, 3.05) is 7.05 Å². The molecule has 0 saturated carbocycles. The Labute approximate surface area is 69.6 Å². The van der Waals surface area contributed by atoms with Crippen molar-refractivity contribution in [3.8, 4) is 0 Å². The summed E-state index contributed by atoms with van der Waals surface area (Å²) in [4.78, 5) is 11.1. The number of nitrogens with one attached hydrogen (secondary N) is 2. The predicted octanol–water partition coefficient (Wildman–Crippen LogP) is -0.816. The second kappa shape index (κ2) is 3.68. The van der Waals surface area contributed by atoms with Crippen LogP contribution in [0.4, 0.5) is 0 Å². The van der Waals surface area contributed by atoms with Gasteiger partial charge in [0.25, 0.3) is 5.69 Å². The van der Waals surface area contributed by atoms with Gasteiger partial charge in [-0.05, 0) is 6.07 Å². The molecule has 1 amide bonds. The molecule has 0 spiro atoms. The Bertz CT molecular complexity index is 288. The van der Waals surface area contributed by atoms with Crippen LogP contribution in [0, 0.1) is 5.21 Å². The Balaban J connectivity index is 2.87. The van der Waals surface area contributed by atoms with Crippen LogP contribution in [0.5, 0.6) is 0 Å². The number of hydrogen-bond donors (Lipinski definition) is 2. The topological polar surface area (TPSA) is 68.1 Å². The maximum Gasteiger partial charge on any atom is 0.331 e. The van der Waals surface area contributed by atoms with Crippen molar-refractivity contribution >= 4 is 5.91 Å². The normalized spacial score (nSPS) is 9.42. The summed E-state index contributed by atoms with van der Waals surface area (Å²) in [6.45, 7) is 0. The summed E-state index contributed by atoms with van der Waals surface area (Å²) in [6.07, 6.45) is 1.27. The smallest absolute Gasteiger partial charge is 0.331 e. The van der Waals surface area contributed by atoms with Crippen LogP contribution in [-0.2, 0) is 0 Å². The highest BCUT2D eigenvalue weighted by molar-refractivity contribution is 5.90. The van der Waals surface area contributed by atoms with Crippen molar-refractivity contribution in [2.24, 2.45) is 0 Å². The molecule has 1 aromatic heterocycles. The molecule has 5 heteroatoms. The molecule has 1 rings (SSSR count). The Hall–Kier alpha value is -1.62. The van der Waals surface area contributed by atoms with E-state index >= 15 is 0 Å². The van der Waals surface area contributed by atoms with E-state index in [1.165, 1.54) is 12.3 Å². The first kappa shape index (κ1) is 8.48. The van der Waals surface area contributed by atoms with E-state index < -0.39 is 5.91 Å². The fourth-order valence-corrected chi connectivity index (χ4v) is 0.782. The van der Waals surface area contributed by atoms with E-state index in [1.807, 2.05) is 0 Å². The van der Waals surface area contributed by atoms with Gasteiger partial charge in [-0.15, -0.1) is 0 Å². The van der Waals surface area contributed by atoms with Crippen LogP contribution in [-0.4, -0.2) is 13.0 Å². The van der Waals surface area contributed by atoms with E-state index in [0.717, 1.165) is 0 Å². The minimum Gasteiger partial charge on any atom is -0.618 e. The summed E-state index contributed by atoms with van der Waals surface area (Å²) in [5, 5.41) is 11.0. The minimum atomic E-state index is -0.451. The number of aromatic nitrogens is 1. The first-order chi connectivity index (χ1) is 5.75. The molecule has 0 saturated heterocycles. The highest BCUT2D eigenvalue weighted by atomic mass is 16.5. The van der Waals surface area contributed by atoms with E-state index in [2.05, 4.69) is 10.9 Å². The zero-order chi connectivity index (χ0) is 8.97. The van der Waals surface area contributed by atoms with Crippen LogP contribution in [0.25, 0.3) is 0 Å². The number of carbonyl (C=O) groups excluding carboxylic acids is 1. The summed E-state index contributed by atoms with van der Waals surface area (Å²) in [5.74, 6) is -0.451. The molecule has 2 N–H and O–H groups in total. The lowest BCUT2D eigenvalue weighted by molar-refractivity contribution is -0.607. The average molecular weight is 167 g/mol. The lowest BCUT2D eigenvalue weighted by Crippen LogP contribution is -2.42. The second-order valence-corrected chi connectivity index (χ2v) is 2.12. The second-order valence-electron chi connectivity index (χ2n) is 2.12. The number of carbonyl (C=O) groups is 1. The summed E-state index contributed by atoms with van der Waals surface area (Å²) in [5.41, 5.74) is 4.80. The molecule has 5 nitrogen and oxygen atoms in total. The molecule has 0 fully saturated rings. The molecule has 0 unspecified atom stereocenters. The van der Waals surface area contributed by atoms with Gasteiger partial charge in [0.15, 0.2) is 6.20 Å². The van der Waals surface area contributed by atoms with Crippen molar-refractivity contribution in [3.05, 3.63) is 35.3 Å². The van der Waals surface area contributed by atoms with E-state index in [9.17, 15) is 10.0 Å². The Morgan fingerprint density at radius 1 is 1.58 bits per heavy atom. The van der Waals surface area contributed by atoms with Gasteiger partial charge in [0.2, 0.25) is 0 Å². The van der Waals surface area contributed by atoms with E-state index in [1.54, 1.807) is 19.2 Å². The third-order valence-corrected chi connectivity index (χ3v) is 1.30. The van der Waals surface area contributed by atoms with Gasteiger partial charge in [0.1, 0.15) is 0 Å². The quantitative estimate of drug-likeness (QED) is 0.343. The molecule has 12 heavy (non-hydrogen) atoms. The summed E-state index contributed by atoms with van der Waals surface area (Å²) >= 11 is 0. The van der Waals surface area contributed by atoms with Crippen molar-refractivity contribution in [1.29, 1.82) is 0 Å². The van der Waals surface area contributed by atoms with Gasteiger partial charge < -0.3 is 5.21 Å². The van der Waals surface area contributed by atoms with Gasteiger partial charge in [-0.25, -0.2) is 5.43 Å². The molecule has 0 aliphatic rings. The fourth-order valence-electron chi connectivity index (χ4n) is 0.782. The van der Waals surface area contributed by atoms with Gasteiger partial charge in [-0.1, -0.05) is 0 Å². The standard InChI is InChI=1S/C7H9N3O2/c1-8-9-7(11)6-4-2-3-5-10(6)12/h2-5,8H,1H3,(H,9,11). The Morgan fingerprint density at radius 3 is 2.92 bits per heavy atom. The molecule has 1 aromatic rings. The van der Waals surface area contributed by atoms with Crippen LogP contribution in [0.1, 0.15) is 10.5 Å². The maximum atomic E-state index is 11.1. The van der Waals surface area contributed by atoms with Gasteiger partial charge in [-0.2, -0.15) is 4.73 Å². The molecular weight excluding hydrogens is 158 g/mol. The highest BCUT2D eigenvalue weighted by Crippen LogP contribution is 1.88. The molecule has 0 aliphatic carbocycles. The van der Waals surface area contributed by atoms with E-state index in [0.29, 0.717) is 4.73 Å². The molecular formula is C7H9N3O2. The number of hydrazine groups is 1. The van der Waals surface area contributed by atoms with Gasteiger partial charge >= 0.3 is 5.91 Å². The molecule has 0 bridgehead atoms. The van der Waals surface area contributed by atoms with E-state index in [4.69, 9.17) is 0 Å². The zero-order valence-electron chi connectivity index (χ0n) is 6.57. The third kappa shape index (κ3) is 1.70. The molecule has 1 heterocycles. The number of hydrogen-bond acceptors (Lipinski definition) is 3. The largest absolute Gasteiger partial charge is 0.618 e. The molecule has 0 aromatic carbocycles. The molecule has 0 radical (unpaired) electrons.